The van der Waals surface area contributed by atoms with Gasteiger partial charge in [-0.25, -0.2) is 22.1 Å². The Morgan fingerprint density at radius 2 is 1.82 bits per heavy atom. The zero-order chi connectivity index (χ0) is 28.0. The fraction of sp³-hybridized carbons (Fsp3) is 0.174. The summed E-state index contributed by atoms with van der Waals surface area (Å²) in [7, 11) is 0. The number of aliphatic hydroxyl groups excluding tert-OH is 1. The van der Waals surface area contributed by atoms with Crippen molar-refractivity contribution in [2.24, 2.45) is 0 Å². The number of benzene rings is 2. The molecule has 38 heavy (non-hydrogen) atoms. The van der Waals surface area contributed by atoms with Crippen LogP contribution in [0.1, 0.15) is 27.6 Å². The first kappa shape index (κ1) is 27.1. The second-order valence-corrected chi connectivity index (χ2v) is 8.46. The molecule has 2 aromatic heterocycles. The van der Waals surface area contributed by atoms with E-state index in [1.54, 1.807) is 5.32 Å². The Morgan fingerprint density at radius 1 is 1.11 bits per heavy atom. The summed E-state index contributed by atoms with van der Waals surface area (Å²) in [6.07, 6.45) is -6.45. The number of nitrogens with two attached hydrogens (primary N) is 1. The largest absolute Gasteiger partial charge is 0.416 e. The molecule has 15 heteroatoms. The van der Waals surface area contributed by atoms with Crippen LogP contribution in [0.4, 0.5) is 36.7 Å². The van der Waals surface area contributed by atoms with Gasteiger partial charge in [0.05, 0.1) is 22.7 Å². The number of anilines is 1. The number of aliphatic hydroxyl groups is 1. The molecule has 1 amide bonds. The van der Waals surface area contributed by atoms with Gasteiger partial charge in [-0.2, -0.15) is 18.2 Å². The monoisotopic (exact) mass is 561 g/mol. The molecule has 0 spiro atoms. The molecule has 4 rings (SSSR count). The van der Waals surface area contributed by atoms with Gasteiger partial charge in [-0.15, -0.1) is 5.10 Å². The number of aromatic nitrogens is 3. The highest BCUT2D eigenvalue weighted by Crippen LogP contribution is 2.36. The lowest BCUT2D eigenvalue weighted by Gasteiger charge is -2.24. The number of nitrogen functional groups attached to an aromatic ring is 1. The summed E-state index contributed by atoms with van der Waals surface area (Å²) in [5, 5.41) is 15.1. The Kier molecular flexibility index (Phi) is 6.97. The summed E-state index contributed by atoms with van der Waals surface area (Å²) in [6.45, 7) is -1.63. The predicted octanol–water partition coefficient (Wildman–Crippen LogP) is 5.03. The Bertz CT molecular complexity index is 1540. The molecule has 0 aliphatic carbocycles. The molecule has 1 atom stereocenters. The van der Waals surface area contributed by atoms with Gasteiger partial charge in [-0.3, -0.25) is 4.79 Å². The van der Waals surface area contributed by atoms with E-state index < -0.39 is 64.0 Å². The molecule has 0 aliphatic heterocycles. The molecule has 2 aromatic carbocycles. The molecule has 0 radical (unpaired) electrons. The first-order chi connectivity index (χ1) is 17.7. The van der Waals surface area contributed by atoms with E-state index >= 15 is 4.39 Å². The average Bonchev–Trinajstić information content (AvgIpc) is 3.21. The van der Waals surface area contributed by atoms with Crippen LogP contribution in [0, 0.1) is 11.6 Å². The fourth-order valence-electron chi connectivity index (χ4n) is 3.59. The van der Waals surface area contributed by atoms with Crippen molar-refractivity contribution in [2.75, 3.05) is 12.3 Å². The highest BCUT2D eigenvalue weighted by Gasteiger charge is 2.42. The molecule has 2 heterocycles. The maximum absolute atomic E-state index is 15.3. The molecule has 0 fully saturated rings. The lowest BCUT2D eigenvalue weighted by Crippen LogP contribution is -2.41. The highest BCUT2D eigenvalue weighted by molar-refractivity contribution is 6.34. The number of hydrogen-bond donors (Lipinski definition) is 3. The smallest absolute Gasteiger partial charge is 0.382 e. The number of carbonyl (C=O) groups is 1. The number of fused-ring (bicyclic) bond motifs is 1. The number of carbonyl (C=O) groups excluding carboxylic acids is 1. The second kappa shape index (κ2) is 9.76. The number of halogens is 8. The van der Waals surface area contributed by atoms with Crippen LogP contribution in [0.25, 0.3) is 16.8 Å². The molecule has 4 aromatic rings. The van der Waals surface area contributed by atoms with Gasteiger partial charge in [0.15, 0.2) is 5.65 Å². The molecular formula is C23H15ClF7N5O2. The molecule has 4 N–H and O–H groups in total. The van der Waals surface area contributed by atoms with Crippen molar-refractivity contribution < 1.29 is 40.6 Å². The van der Waals surface area contributed by atoms with Gasteiger partial charge in [0.1, 0.15) is 17.7 Å². The van der Waals surface area contributed by atoms with Gasteiger partial charge in [0, 0.05) is 17.3 Å². The van der Waals surface area contributed by atoms with E-state index in [9.17, 15) is 36.2 Å². The van der Waals surface area contributed by atoms with Crippen molar-refractivity contribution >= 4 is 29.1 Å². The van der Waals surface area contributed by atoms with E-state index in [2.05, 4.69) is 10.1 Å². The normalized spacial score (nSPS) is 13.1. The van der Waals surface area contributed by atoms with E-state index in [1.807, 2.05) is 0 Å². The third kappa shape index (κ3) is 5.22. The highest BCUT2D eigenvalue weighted by atomic mass is 35.5. The minimum absolute atomic E-state index is 0.0426. The summed E-state index contributed by atoms with van der Waals surface area (Å²) >= 11 is 5.94. The van der Waals surface area contributed by atoms with Crippen molar-refractivity contribution in [3.63, 3.8) is 0 Å². The molecule has 7 nitrogen and oxygen atoms in total. The summed E-state index contributed by atoms with van der Waals surface area (Å²) in [4.78, 5) is 16.6. The van der Waals surface area contributed by atoms with Crippen LogP contribution in [-0.2, 0) is 6.18 Å². The van der Waals surface area contributed by atoms with Crippen molar-refractivity contribution in [1.29, 1.82) is 0 Å². The molecule has 0 bridgehead atoms. The number of nitrogens with zero attached hydrogens (tertiary/aromatic N) is 3. The van der Waals surface area contributed by atoms with E-state index in [4.69, 9.17) is 17.3 Å². The van der Waals surface area contributed by atoms with Crippen LogP contribution >= 0.6 is 11.6 Å². The third-order valence-electron chi connectivity index (χ3n) is 5.49. The maximum Gasteiger partial charge on any atom is 0.416 e. The summed E-state index contributed by atoms with van der Waals surface area (Å²) in [5.74, 6) is -8.59. The number of hydrogen-bond acceptors (Lipinski definition) is 5. The number of rotatable bonds is 6. The van der Waals surface area contributed by atoms with Crippen LogP contribution < -0.4 is 11.1 Å². The molecule has 0 aliphatic rings. The van der Waals surface area contributed by atoms with Crippen LogP contribution in [0.15, 0.2) is 48.7 Å². The number of nitrogens with one attached hydrogen (secondary N) is 1. The van der Waals surface area contributed by atoms with Crippen LogP contribution in [-0.4, -0.2) is 38.1 Å². The fourth-order valence-corrected chi connectivity index (χ4v) is 3.82. The summed E-state index contributed by atoms with van der Waals surface area (Å²) in [6, 6.07) is 5.87. The second-order valence-electron chi connectivity index (χ2n) is 8.05. The topological polar surface area (TPSA) is 106 Å². The Hall–Kier alpha value is -3.91. The first-order valence-electron chi connectivity index (χ1n) is 10.5. The Labute approximate surface area is 213 Å². The Balaban J connectivity index is 1.56. The summed E-state index contributed by atoms with van der Waals surface area (Å²) in [5.41, 5.74) is 2.49. The van der Waals surface area contributed by atoms with Gasteiger partial charge in [0.2, 0.25) is 5.95 Å². The number of alkyl halides is 5. The van der Waals surface area contributed by atoms with E-state index in [1.165, 1.54) is 28.9 Å². The van der Waals surface area contributed by atoms with E-state index in [0.29, 0.717) is 12.1 Å². The number of amides is 1. The lowest BCUT2D eigenvalue weighted by molar-refractivity contribution is -0.137. The minimum atomic E-state index is -4.94. The lowest BCUT2D eigenvalue weighted by atomic mass is 10.00. The van der Waals surface area contributed by atoms with Crippen molar-refractivity contribution in [3.05, 3.63) is 82.0 Å². The van der Waals surface area contributed by atoms with Crippen LogP contribution in [0.2, 0.25) is 5.02 Å². The van der Waals surface area contributed by atoms with E-state index in [0.717, 1.165) is 6.07 Å². The van der Waals surface area contributed by atoms with Gasteiger partial charge >= 0.3 is 6.18 Å². The van der Waals surface area contributed by atoms with Crippen molar-refractivity contribution in [2.45, 2.75) is 18.2 Å². The molecule has 200 valence electrons. The zero-order valence-corrected chi connectivity index (χ0v) is 19.5. The van der Waals surface area contributed by atoms with Gasteiger partial charge in [0.25, 0.3) is 11.8 Å². The Morgan fingerprint density at radius 3 is 2.47 bits per heavy atom. The third-order valence-corrected chi connectivity index (χ3v) is 5.81. The predicted molar refractivity (Wildman–Crippen MR) is 121 cm³/mol. The quantitative estimate of drug-likeness (QED) is 0.287. The zero-order valence-electron chi connectivity index (χ0n) is 18.7. The standard InChI is InChI=1S/C23H15ClF7N5O2/c24-14-4-3-12(10-5-6-36-16(7-10)34-21(32)35-36)18(26)17(14)20(38)33-9-22(27,28)19(37)13-2-1-11(8-15(13)25)23(29,30)31/h1-8,19,37H,9H2,(H2,32,35)(H,33,38). The molecule has 0 saturated heterocycles. The SMILES string of the molecule is Nc1nc2cc(-c3ccc(Cl)c(C(=O)NCC(F)(F)C(O)c4ccc(C(F)(F)F)cc4F)c3F)ccn2n1. The molecule has 1 unspecified atom stereocenters. The average molecular weight is 562 g/mol. The summed E-state index contributed by atoms with van der Waals surface area (Å²) < 4.78 is 98.0. The van der Waals surface area contributed by atoms with Crippen molar-refractivity contribution in [1.82, 2.24) is 19.9 Å². The number of pyridine rings is 1. The molecular weight excluding hydrogens is 547 g/mol. The van der Waals surface area contributed by atoms with E-state index in [-0.39, 0.29) is 28.8 Å². The molecule has 0 saturated carbocycles. The minimum Gasteiger partial charge on any atom is -0.382 e. The van der Waals surface area contributed by atoms with Crippen LogP contribution in [0.5, 0.6) is 0 Å². The van der Waals surface area contributed by atoms with Gasteiger partial charge in [-0.1, -0.05) is 17.7 Å². The first-order valence-corrected chi connectivity index (χ1v) is 10.9. The van der Waals surface area contributed by atoms with Gasteiger partial charge in [-0.05, 0) is 42.0 Å². The maximum atomic E-state index is 15.3. The van der Waals surface area contributed by atoms with Crippen molar-refractivity contribution in [3.8, 4) is 11.1 Å². The van der Waals surface area contributed by atoms with Crippen LogP contribution in [0.3, 0.4) is 0 Å². The van der Waals surface area contributed by atoms with Gasteiger partial charge < -0.3 is 16.2 Å².